The average Bonchev–Trinajstić information content (AvgIpc) is 3.02. The summed E-state index contributed by atoms with van der Waals surface area (Å²) in [7, 11) is 3.26. The van der Waals surface area contributed by atoms with Gasteiger partial charge in [0, 0.05) is 16.3 Å². The lowest BCUT2D eigenvalue weighted by Gasteiger charge is -2.13. The van der Waals surface area contributed by atoms with Crippen molar-refractivity contribution in [1.29, 1.82) is 0 Å². The molecule has 1 aromatic carbocycles. The van der Waals surface area contributed by atoms with E-state index in [2.05, 4.69) is 57.5 Å². The number of halogens is 1. The zero-order chi connectivity index (χ0) is 18.2. The summed E-state index contributed by atoms with van der Waals surface area (Å²) in [4.78, 5) is 7.26. The Kier molecular flexibility index (Phi) is 7.58. The van der Waals surface area contributed by atoms with Gasteiger partial charge in [0.15, 0.2) is 17.5 Å². The van der Waals surface area contributed by atoms with Gasteiger partial charge in [0.1, 0.15) is 0 Å². The Morgan fingerprint density at radius 2 is 2.00 bits per heavy atom. The number of nitrogens with one attached hydrogen (secondary N) is 2. The number of guanidine groups is 1. The summed E-state index contributed by atoms with van der Waals surface area (Å²) in [5.74, 6) is 2.17. The third kappa shape index (κ3) is 5.64. The van der Waals surface area contributed by atoms with E-state index >= 15 is 0 Å². The minimum atomic E-state index is 0.539. The molecule has 136 valence electrons. The maximum Gasteiger partial charge on any atom is 0.191 e. The molecule has 0 aliphatic heterocycles. The van der Waals surface area contributed by atoms with Crippen molar-refractivity contribution in [2.24, 2.45) is 4.99 Å². The van der Waals surface area contributed by atoms with Gasteiger partial charge in [0.05, 0.1) is 31.8 Å². The van der Waals surface area contributed by atoms with E-state index in [4.69, 9.17) is 9.47 Å². The number of benzene rings is 1. The molecular weight excluding hydrogens is 402 g/mol. The summed E-state index contributed by atoms with van der Waals surface area (Å²) < 4.78 is 11.6. The highest BCUT2D eigenvalue weighted by Gasteiger charge is 2.10. The fourth-order valence-corrected chi connectivity index (χ4v) is 3.81. The zero-order valence-corrected chi connectivity index (χ0v) is 17.4. The van der Waals surface area contributed by atoms with Crippen LogP contribution in [0.5, 0.6) is 11.5 Å². The molecule has 25 heavy (non-hydrogen) atoms. The molecule has 7 heteroatoms. The second kappa shape index (κ2) is 9.68. The Hall–Kier alpha value is -1.73. The van der Waals surface area contributed by atoms with Crippen molar-refractivity contribution in [1.82, 2.24) is 10.6 Å². The summed E-state index contributed by atoms with van der Waals surface area (Å²) in [6.07, 6.45) is 0. The van der Waals surface area contributed by atoms with Gasteiger partial charge in [-0.2, -0.15) is 0 Å². The molecule has 0 atom stereocenters. The van der Waals surface area contributed by atoms with Crippen molar-refractivity contribution in [3.8, 4) is 11.5 Å². The van der Waals surface area contributed by atoms with Crippen molar-refractivity contribution in [2.45, 2.75) is 26.9 Å². The van der Waals surface area contributed by atoms with Gasteiger partial charge in [-0.25, -0.2) is 4.99 Å². The molecule has 0 unspecified atom stereocenters. The van der Waals surface area contributed by atoms with Crippen molar-refractivity contribution >= 4 is 33.2 Å². The Labute approximate surface area is 161 Å². The number of aryl methyl sites for hydroxylation is 1. The SMILES string of the molecule is CCNC(=NCc1cc(Br)c(OC)c(OC)c1)NCc1ccc(C)s1. The minimum Gasteiger partial charge on any atom is -0.493 e. The lowest BCUT2D eigenvalue weighted by atomic mass is 10.2. The number of hydrogen-bond acceptors (Lipinski definition) is 4. The molecule has 2 rings (SSSR count). The Balaban J connectivity index is 2.08. The first kappa shape index (κ1) is 19.6. The highest BCUT2D eigenvalue weighted by molar-refractivity contribution is 9.10. The van der Waals surface area contributed by atoms with E-state index in [1.54, 1.807) is 25.6 Å². The van der Waals surface area contributed by atoms with Gasteiger partial charge >= 0.3 is 0 Å². The van der Waals surface area contributed by atoms with Gasteiger partial charge in [-0.15, -0.1) is 11.3 Å². The van der Waals surface area contributed by atoms with Crippen LogP contribution in [0.25, 0.3) is 0 Å². The number of aliphatic imine (C=N–C) groups is 1. The maximum absolute atomic E-state index is 5.39. The first-order valence-corrected chi connectivity index (χ1v) is 9.66. The van der Waals surface area contributed by atoms with Gasteiger partial charge < -0.3 is 20.1 Å². The van der Waals surface area contributed by atoms with Crippen LogP contribution >= 0.6 is 27.3 Å². The second-order valence-corrected chi connectivity index (χ2v) is 7.60. The van der Waals surface area contributed by atoms with Crippen molar-refractivity contribution in [3.63, 3.8) is 0 Å². The third-order valence-electron chi connectivity index (χ3n) is 3.48. The topological polar surface area (TPSA) is 54.9 Å². The monoisotopic (exact) mass is 425 g/mol. The molecule has 0 aliphatic rings. The van der Waals surface area contributed by atoms with Crippen LogP contribution in [0.2, 0.25) is 0 Å². The molecule has 0 aliphatic carbocycles. The van der Waals surface area contributed by atoms with E-state index in [0.29, 0.717) is 18.0 Å². The van der Waals surface area contributed by atoms with Gasteiger partial charge in [-0.3, -0.25) is 0 Å². The molecule has 0 saturated heterocycles. The standard InChI is InChI=1S/C18H24BrN3O2S/c1-5-20-18(22-11-14-7-6-12(2)25-14)21-10-13-8-15(19)17(24-4)16(9-13)23-3/h6-9H,5,10-11H2,1-4H3,(H2,20,21,22). The van der Waals surface area contributed by atoms with E-state index in [1.807, 2.05) is 12.1 Å². The van der Waals surface area contributed by atoms with Crippen molar-refractivity contribution in [2.75, 3.05) is 20.8 Å². The van der Waals surface area contributed by atoms with Gasteiger partial charge in [-0.05, 0) is 59.6 Å². The molecule has 1 heterocycles. The molecule has 0 bridgehead atoms. The van der Waals surface area contributed by atoms with Gasteiger partial charge in [-0.1, -0.05) is 0 Å². The summed E-state index contributed by atoms with van der Waals surface area (Å²) >= 11 is 5.31. The predicted octanol–water partition coefficient (Wildman–Crippen LogP) is 4.09. The Morgan fingerprint density at radius 1 is 1.20 bits per heavy atom. The molecular formula is C18H24BrN3O2S. The molecule has 0 saturated carbocycles. The fourth-order valence-electron chi connectivity index (χ4n) is 2.33. The molecule has 0 spiro atoms. The van der Waals surface area contributed by atoms with Crippen LogP contribution in [0.3, 0.4) is 0 Å². The Bertz CT molecular complexity index is 731. The van der Waals surface area contributed by atoms with Gasteiger partial charge in [0.25, 0.3) is 0 Å². The molecule has 1 aromatic heterocycles. The molecule has 0 amide bonds. The quantitative estimate of drug-likeness (QED) is 0.517. The highest BCUT2D eigenvalue weighted by Crippen LogP contribution is 2.36. The number of thiophene rings is 1. The molecule has 0 fully saturated rings. The summed E-state index contributed by atoms with van der Waals surface area (Å²) in [5, 5.41) is 6.64. The van der Waals surface area contributed by atoms with Crippen LogP contribution in [-0.4, -0.2) is 26.7 Å². The van der Waals surface area contributed by atoms with Crippen LogP contribution in [0.15, 0.2) is 33.7 Å². The summed E-state index contributed by atoms with van der Waals surface area (Å²) in [5.41, 5.74) is 1.04. The van der Waals surface area contributed by atoms with Crippen LogP contribution in [0.1, 0.15) is 22.2 Å². The average molecular weight is 426 g/mol. The maximum atomic E-state index is 5.39. The van der Waals surface area contributed by atoms with Crippen LogP contribution in [-0.2, 0) is 13.1 Å². The van der Waals surface area contributed by atoms with Crippen LogP contribution < -0.4 is 20.1 Å². The fraction of sp³-hybridized carbons (Fsp3) is 0.389. The van der Waals surface area contributed by atoms with Crippen LogP contribution in [0, 0.1) is 6.92 Å². The molecule has 2 N–H and O–H groups in total. The lowest BCUT2D eigenvalue weighted by Crippen LogP contribution is -2.36. The number of nitrogens with zero attached hydrogens (tertiary/aromatic N) is 1. The molecule has 0 radical (unpaired) electrons. The zero-order valence-electron chi connectivity index (χ0n) is 15.0. The lowest BCUT2D eigenvalue weighted by molar-refractivity contribution is 0.352. The molecule has 2 aromatic rings. The normalized spacial score (nSPS) is 11.3. The number of methoxy groups -OCH3 is 2. The largest absolute Gasteiger partial charge is 0.493 e. The van der Waals surface area contributed by atoms with Crippen molar-refractivity contribution in [3.05, 3.63) is 44.1 Å². The third-order valence-corrected chi connectivity index (χ3v) is 5.07. The second-order valence-electron chi connectivity index (χ2n) is 5.37. The van der Waals surface area contributed by atoms with E-state index in [9.17, 15) is 0 Å². The van der Waals surface area contributed by atoms with Crippen molar-refractivity contribution < 1.29 is 9.47 Å². The van der Waals surface area contributed by atoms with E-state index in [1.165, 1.54) is 9.75 Å². The van der Waals surface area contributed by atoms with Gasteiger partial charge in [0.2, 0.25) is 0 Å². The van der Waals surface area contributed by atoms with E-state index in [0.717, 1.165) is 29.1 Å². The number of ether oxygens (including phenoxy) is 2. The minimum absolute atomic E-state index is 0.539. The highest BCUT2D eigenvalue weighted by atomic mass is 79.9. The predicted molar refractivity (Wildman–Crippen MR) is 108 cm³/mol. The first-order chi connectivity index (χ1) is 12.1. The smallest absolute Gasteiger partial charge is 0.191 e. The number of hydrogen-bond donors (Lipinski definition) is 2. The van der Waals surface area contributed by atoms with E-state index < -0.39 is 0 Å². The number of rotatable bonds is 7. The van der Waals surface area contributed by atoms with E-state index in [-0.39, 0.29) is 0 Å². The van der Waals surface area contributed by atoms with Crippen LogP contribution in [0.4, 0.5) is 0 Å². The Morgan fingerprint density at radius 3 is 2.60 bits per heavy atom. The summed E-state index contributed by atoms with van der Waals surface area (Å²) in [6, 6.07) is 8.21. The molecule has 5 nitrogen and oxygen atoms in total. The summed E-state index contributed by atoms with van der Waals surface area (Å²) in [6.45, 7) is 6.28. The first-order valence-electron chi connectivity index (χ1n) is 8.05.